The summed E-state index contributed by atoms with van der Waals surface area (Å²) in [5, 5.41) is 12.4. The normalized spacial score (nSPS) is 22.0. The van der Waals surface area contributed by atoms with Crippen LogP contribution in [0.4, 0.5) is 0 Å². The molecule has 1 rings (SSSR count). The SMILES string of the molecule is CC(=O)N[C@@H](C)[C@@H](O)C(=O)OC(C)(C)[C@@H]1CC=C(C)CC1. The number of esters is 1. The Balaban J connectivity index is 2.61. The van der Waals surface area contributed by atoms with Crippen molar-refractivity contribution in [3.8, 4) is 0 Å². The monoisotopic (exact) mass is 297 g/mol. The minimum atomic E-state index is -1.35. The molecule has 0 aliphatic heterocycles. The molecule has 2 N–H and O–H groups in total. The summed E-state index contributed by atoms with van der Waals surface area (Å²) in [7, 11) is 0. The molecule has 0 heterocycles. The van der Waals surface area contributed by atoms with Crippen LogP contribution in [-0.4, -0.2) is 34.7 Å². The molecule has 0 fully saturated rings. The summed E-state index contributed by atoms with van der Waals surface area (Å²) in [5.74, 6) is -0.734. The summed E-state index contributed by atoms with van der Waals surface area (Å²) < 4.78 is 5.51. The first kappa shape index (κ1) is 17.7. The van der Waals surface area contributed by atoms with Gasteiger partial charge in [-0.3, -0.25) is 4.79 Å². The van der Waals surface area contributed by atoms with Crippen LogP contribution in [0.5, 0.6) is 0 Å². The number of carbonyl (C=O) groups excluding carboxylic acids is 2. The Morgan fingerprint density at radius 3 is 2.57 bits per heavy atom. The van der Waals surface area contributed by atoms with E-state index in [9.17, 15) is 14.7 Å². The fourth-order valence-corrected chi connectivity index (χ4v) is 2.60. The van der Waals surface area contributed by atoms with Gasteiger partial charge in [-0.05, 0) is 47.0 Å². The highest BCUT2D eigenvalue weighted by atomic mass is 16.6. The van der Waals surface area contributed by atoms with E-state index >= 15 is 0 Å². The summed E-state index contributed by atoms with van der Waals surface area (Å²) in [6.45, 7) is 8.77. The second-order valence-corrected chi connectivity index (χ2v) is 6.48. The lowest BCUT2D eigenvalue weighted by molar-refractivity contribution is -0.173. The number of carbonyl (C=O) groups is 2. The minimum absolute atomic E-state index is 0.244. The smallest absolute Gasteiger partial charge is 0.337 e. The molecule has 0 bridgehead atoms. The Bertz CT molecular complexity index is 428. The number of hydrogen-bond acceptors (Lipinski definition) is 4. The number of rotatable bonds is 5. The summed E-state index contributed by atoms with van der Waals surface area (Å²) in [6, 6.07) is -0.667. The molecule has 120 valence electrons. The Hall–Kier alpha value is -1.36. The third-order valence-corrected chi connectivity index (χ3v) is 4.13. The van der Waals surface area contributed by atoms with Gasteiger partial charge in [0.15, 0.2) is 6.10 Å². The first-order valence-corrected chi connectivity index (χ1v) is 7.47. The molecule has 0 unspecified atom stereocenters. The first-order valence-electron chi connectivity index (χ1n) is 7.47. The topological polar surface area (TPSA) is 75.6 Å². The van der Waals surface area contributed by atoms with Crippen LogP contribution in [0.25, 0.3) is 0 Å². The van der Waals surface area contributed by atoms with Crippen molar-refractivity contribution in [3.63, 3.8) is 0 Å². The molecule has 0 saturated carbocycles. The Labute approximate surface area is 126 Å². The Kier molecular flexibility index (Phi) is 5.96. The van der Waals surface area contributed by atoms with Gasteiger partial charge < -0.3 is 15.2 Å². The van der Waals surface area contributed by atoms with E-state index < -0.39 is 23.7 Å². The van der Waals surface area contributed by atoms with E-state index in [0.29, 0.717) is 0 Å². The number of nitrogens with one attached hydrogen (secondary N) is 1. The van der Waals surface area contributed by atoms with E-state index in [4.69, 9.17) is 4.74 Å². The van der Waals surface area contributed by atoms with Gasteiger partial charge in [-0.1, -0.05) is 11.6 Å². The standard InChI is InChI=1S/C16H27NO4/c1-10-6-8-13(9-7-10)16(4,5)21-15(20)14(19)11(2)17-12(3)18/h6,11,13-14,19H,7-9H2,1-5H3,(H,17,18)/t11-,13+,14+/m0/s1. The van der Waals surface area contributed by atoms with Gasteiger partial charge in [-0.2, -0.15) is 0 Å². The maximum absolute atomic E-state index is 12.0. The largest absolute Gasteiger partial charge is 0.457 e. The summed E-state index contributed by atoms with van der Waals surface area (Å²) in [5.41, 5.74) is 0.735. The van der Waals surface area contributed by atoms with Crippen molar-refractivity contribution in [1.82, 2.24) is 5.32 Å². The van der Waals surface area contributed by atoms with Crippen LogP contribution in [-0.2, 0) is 14.3 Å². The van der Waals surface area contributed by atoms with Gasteiger partial charge in [0.1, 0.15) is 5.60 Å². The molecule has 5 heteroatoms. The lowest BCUT2D eigenvalue weighted by Crippen LogP contribution is -2.48. The number of amides is 1. The molecule has 0 aromatic heterocycles. The van der Waals surface area contributed by atoms with E-state index in [1.807, 2.05) is 13.8 Å². The molecular formula is C16H27NO4. The number of hydrogen-bond donors (Lipinski definition) is 2. The van der Waals surface area contributed by atoms with Crippen molar-refractivity contribution in [3.05, 3.63) is 11.6 Å². The highest BCUT2D eigenvalue weighted by Crippen LogP contribution is 2.34. The predicted octanol–water partition coefficient (Wildman–Crippen LogP) is 1.94. The molecule has 0 radical (unpaired) electrons. The van der Waals surface area contributed by atoms with Crippen LogP contribution in [0, 0.1) is 5.92 Å². The fourth-order valence-electron chi connectivity index (χ4n) is 2.60. The maximum Gasteiger partial charge on any atom is 0.337 e. The molecular weight excluding hydrogens is 270 g/mol. The molecule has 5 nitrogen and oxygen atoms in total. The van der Waals surface area contributed by atoms with Crippen LogP contribution in [0.15, 0.2) is 11.6 Å². The van der Waals surface area contributed by atoms with E-state index in [2.05, 4.69) is 18.3 Å². The average molecular weight is 297 g/mol. The Morgan fingerprint density at radius 1 is 1.48 bits per heavy atom. The van der Waals surface area contributed by atoms with Crippen molar-refractivity contribution < 1.29 is 19.4 Å². The van der Waals surface area contributed by atoms with Gasteiger partial charge in [-0.25, -0.2) is 4.79 Å². The number of aliphatic hydroxyl groups excluding tert-OH is 1. The van der Waals surface area contributed by atoms with Gasteiger partial charge in [0.25, 0.3) is 0 Å². The first-order chi connectivity index (χ1) is 9.63. The van der Waals surface area contributed by atoms with Crippen molar-refractivity contribution in [2.75, 3.05) is 0 Å². The highest BCUT2D eigenvalue weighted by molar-refractivity contribution is 5.78. The lowest BCUT2D eigenvalue weighted by atomic mass is 9.79. The summed E-state index contributed by atoms with van der Waals surface area (Å²) in [6.07, 6.45) is 3.69. The molecule has 0 aromatic rings. The van der Waals surface area contributed by atoms with Gasteiger partial charge in [0, 0.05) is 12.8 Å². The quantitative estimate of drug-likeness (QED) is 0.600. The third kappa shape index (κ3) is 5.16. The molecule has 0 saturated heterocycles. The lowest BCUT2D eigenvalue weighted by Gasteiger charge is -2.36. The average Bonchev–Trinajstić information content (AvgIpc) is 2.36. The molecule has 1 aliphatic carbocycles. The number of aliphatic hydroxyl groups is 1. The van der Waals surface area contributed by atoms with Gasteiger partial charge in [0.2, 0.25) is 5.91 Å². The van der Waals surface area contributed by atoms with Crippen molar-refractivity contribution in [1.29, 1.82) is 0 Å². The zero-order chi connectivity index (χ0) is 16.2. The van der Waals surface area contributed by atoms with E-state index in [1.165, 1.54) is 12.5 Å². The Morgan fingerprint density at radius 2 is 2.10 bits per heavy atom. The molecule has 1 amide bonds. The fraction of sp³-hybridized carbons (Fsp3) is 0.750. The van der Waals surface area contributed by atoms with Crippen molar-refractivity contribution in [2.45, 2.75) is 71.6 Å². The maximum atomic E-state index is 12.0. The van der Waals surface area contributed by atoms with Crippen LogP contribution in [0.1, 0.15) is 53.9 Å². The van der Waals surface area contributed by atoms with Gasteiger partial charge in [-0.15, -0.1) is 0 Å². The zero-order valence-corrected chi connectivity index (χ0v) is 13.6. The van der Waals surface area contributed by atoms with Crippen molar-refractivity contribution in [2.24, 2.45) is 5.92 Å². The molecule has 0 spiro atoms. The number of allylic oxidation sites excluding steroid dienone is 2. The van der Waals surface area contributed by atoms with Gasteiger partial charge >= 0.3 is 5.97 Å². The van der Waals surface area contributed by atoms with Crippen LogP contribution < -0.4 is 5.32 Å². The van der Waals surface area contributed by atoms with E-state index in [0.717, 1.165) is 19.3 Å². The zero-order valence-electron chi connectivity index (χ0n) is 13.6. The summed E-state index contributed by atoms with van der Waals surface area (Å²) >= 11 is 0. The molecule has 21 heavy (non-hydrogen) atoms. The van der Waals surface area contributed by atoms with Crippen LogP contribution in [0.2, 0.25) is 0 Å². The predicted molar refractivity (Wildman–Crippen MR) is 80.6 cm³/mol. The summed E-state index contributed by atoms with van der Waals surface area (Å²) in [4.78, 5) is 23.0. The van der Waals surface area contributed by atoms with E-state index in [-0.39, 0.29) is 11.8 Å². The second kappa shape index (κ2) is 7.07. The molecule has 1 aliphatic rings. The highest BCUT2D eigenvalue weighted by Gasteiger charge is 2.36. The molecule has 0 aromatic carbocycles. The van der Waals surface area contributed by atoms with Crippen molar-refractivity contribution >= 4 is 11.9 Å². The van der Waals surface area contributed by atoms with Crippen LogP contribution >= 0.6 is 0 Å². The molecule has 3 atom stereocenters. The second-order valence-electron chi connectivity index (χ2n) is 6.48. The van der Waals surface area contributed by atoms with Crippen LogP contribution in [0.3, 0.4) is 0 Å². The van der Waals surface area contributed by atoms with Gasteiger partial charge in [0.05, 0.1) is 6.04 Å². The third-order valence-electron chi connectivity index (χ3n) is 4.13. The minimum Gasteiger partial charge on any atom is -0.457 e. The van der Waals surface area contributed by atoms with E-state index in [1.54, 1.807) is 6.92 Å². The number of ether oxygens (including phenoxy) is 1.